The smallest absolute Gasteiger partial charge is 0.344 e. The highest BCUT2D eigenvalue weighted by Crippen LogP contribution is 2.31. The topological polar surface area (TPSA) is 104 Å². The van der Waals surface area contributed by atoms with Crippen molar-refractivity contribution in [3.63, 3.8) is 0 Å². The van der Waals surface area contributed by atoms with Gasteiger partial charge in [0.05, 0.1) is 10.0 Å². The molecule has 1 aromatic carbocycles. The van der Waals surface area contributed by atoms with Crippen LogP contribution in [0.2, 0.25) is 0 Å². The van der Waals surface area contributed by atoms with Crippen molar-refractivity contribution in [2.75, 3.05) is 5.32 Å². The highest BCUT2D eigenvalue weighted by molar-refractivity contribution is 9.10. The van der Waals surface area contributed by atoms with Gasteiger partial charge in [-0.3, -0.25) is 4.79 Å². The monoisotopic (exact) mass is 514 g/mol. The van der Waals surface area contributed by atoms with E-state index in [2.05, 4.69) is 21.2 Å². The summed E-state index contributed by atoms with van der Waals surface area (Å²) in [5.41, 5.74) is -0.481. The minimum absolute atomic E-state index is 0.0608. The van der Waals surface area contributed by atoms with E-state index in [1.54, 1.807) is 6.07 Å². The molecule has 0 saturated carbocycles. The maximum atomic E-state index is 13.4. The molecule has 0 aliphatic rings. The molecule has 2 atom stereocenters. The number of carbonyl (C=O) groups is 1. The Morgan fingerprint density at radius 3 is 2.55 bits per heavy atom. The van der Waals surface area contributed by atoms with Crippen LogP contribution in [0, 0.1) is 17.1 Å². The lowest BCUT2D eigenvalue weighted by Crippen LogP contribution is -2.40. The molecule has 1 heterocycles. The lowest BCUT2D eigenvalue weighted by molar-refractivity contribution is -0.130. The van der Waals surface area contributed by atoms with Gasteiger partial charge in [0.2, 0.25) is 10.0 Å². The Balaban J connectivity index is 2.36. The maximum absolute atomic E-state index is 13.4. The predicted octanol–water partition coefficient (Wildman–Crippen LogP) is 3.09. The van der Waals surface area contributed by atoms with E-state index in [9.17, 15) is 30.8 Å². The fourth-order valence-electron chi connectivity index (χ4n) is 2.19. The second-order valence-electron chi connectivity index (χ2n) is 5.67. The third-order valence-corrected chi connectivity index (χ3v) is 6.88. The van der Waals surface area contributed by atoms with E-state index in [1.165, 1.54) is 27.1 Å². The van der Waals surface area contributed by atoms with Crippen molar-refractivity contribution in [1.82, 2.24) is 9.29 Å². The van der Waals surface area contributed by atoms with E-state index in [-0.39, 0.29) is 21.4 Å². The zero-order valence-electron chi connectivity index (χ0n) is 14.4. The van der Waals surface area contributed by atoms with Crippen molar-refractivity contribution < 1.29 is 30.8 Å². The Hall–Kier alpha value is -2.00. The first-order valence-electron chi connectivity index (χ1n) is 7.48. The number of hydrogen-bond acceptors (Lipinski definition) is 4. The Bertz CT molecular complexity index is 1110. The minimum Gasteiger partial charge on any atom is -0.344 e. The normalized spacial score (nSPS) is 13.0. The summed E-state index contributed by atoms with van der Waals surface area (Å²) in [4.78, 5) is 11.9. The average molecular weight is 515 g/mol. The van der Waals surface area contributed by atoms with Crippen LogP contribution in [0.5, 0.6) is 0 Å². The van der Waals surface area contributed by atoms with Crippen LogP contribution < -0.4 is 10.0 Å². The molecule has 156 valence electrons. The highest BCUT2D eigenvalue weighted by Gasteiger charge is 2.40. The minimum atomic E-state index is -4.83. The third kappa shape index (κ3) is 5.14. The summed E-state index contributed by atoms with van der Waals surface area (Å²) in [6, 6.07) is 4.83. The van der Waals surface area contributed by atoms with E-state index in [1.807, 2.05) is 0 Å². The number of carbonyl (C=O) groups excluding carboxylic acids is 1. The molecule has 0 fully saturated rings. The van der Waals surface area contributed by atoms with Gasteiger partial charge in [-0.1, -0.05) is 0 Å². The van der Waals surface area contributed by atoms with Gasteiger partial charge in [0.15, 0.2) is 0 Å². The lowest BCUT2D eigenvalue weighted by atomic mass is 10.2. The van der Waals surface area contributed by atoms with Crippen LogP contribution in [-0.4, -0.2) is 30.9 Å². The first-order valence-corrected chi connectivity index (χ1v) is 10.4. The van der Waals surface area contributed by atoms with Crippen molar-refractivity contribution >= 4 is 46.8 Å². The average Bonchev–Trinajstić information content (AvgIpc) is 2.90. The number of aromatic nitrogens is 1. The highest BCUT2D eigenvalue weighted by atomic mass is 79.9. The number of rotatable bonds is 5. The van der Waals surface area contributed by atoms with E-state index < -0.39 is 38.6 Å². The lowest BCUT2D eigenvalue weighted by Gasteiger charge is -2.16. The quantitative estimate of drug-likeness (QED) is 0.472. The summed E-state index contributed by atoms with van der Waals surface area (Å²) in [5.74, 6) is -4.06. The molecule has 2 N–H and O–H groups in total. The number of nitriles is 1. The molecule has 14 heteroatoms. The van der Waals surface area contributed by atoms with Crippen LogP contribution in [0.3, 0.4) is 0 Å². The molecule has 2 aromatic rings. The largest absolute Gasteiger partial charge is 0.408 e. The summed E-state index contributed by atoms with van der Waals surface area (Å²) < 4.78 is 78.2. The van der Waals surface area contributed by atoms with E-state index in [0.29, 0.717) is 0 Å². The zero-order valence-corrected chi connectivity index (χ0v) is 17.9. The van der Waals surface area contributed by atoms with Crippen LogP contribution in [0.1, 0.15) is 16.1 Å². The van der Waals surface area contributed by atoms with Gasteiger partial charge >= 0.3 is 6.18 Å². The molecule has 1 amide bonds. The molecule has 2 unspecified atom stereocenters. The van der Waals surface area contributed by atoms with Crippen LogP contribution in [0.25, 0.3) is 0 Å². The van der Waals surface area contributed by atoms with E-state index in [0.717, 1.165) is 22.9 Å². The van der Waals surface area contributed by atoms with E-state index >= 15 is 0 Å². The first kappa shape index (κ1) is 23.3. The zero-order chi connectivity index (χ0) is 22.1. The summed E-state index contributed by atoms with van der Waals surface area (Å²) in [5, 5.41) is 11.2. The summed E-state index contributed by atoms with van der Waals surface area (Å²) in [7, 11) is -1.98. The van der Waals surface area contributed by atoms with Crippen molar-refractivity contribution in [2.24, 2.45) is 7.05 Å². The standard InChI is InChI=1S/C15H12BrF4N4O3PS/c1-24-6-10(29(26,27)23-14(28)15(18,19)20)11(16)12(24)13(25)22-8-2-3-9(17)7(4-8)5-21/h2-4,6,14,23H,28H2,1H3,(H,22,25). The molecule has 0 bridgehead atoms. The Kier molecular flexibility index (Phi) is 6.74. The number of aryl methyl sites for hydroxylation is 1. The molecular weight excluding hydrogens is 503 g/mol. The summed E-state index contributed by atoms with van der Waals surface area (Å²) in [6.45, 7) is 0. The van der Waals surface area contributed by atoms with Gasteiger partial charge < -0.3 is 9.88 Å². The van der Waals surface area contributed by atoms with Gasteiger partial charge in [0, 0.05) is 18.9 Å². The molecule has 0 aliphatic carbocycles. The number of hydrogen-bond donors (Lipinski definition) is 2. The molecule has 0 saturated heterocycles. The van der Waals surface area contributed by atoms with Gasteiger partial charge in [-0.2, -0.15) is 23.2 Å². The molecule has 7 nitrogen and oxygen atoms in total. The summed E-state index contributed by atoms with van der Waals surface area (Å²) >= 11 is 2.93. The fourth-order valence-corrected chi connectivity index (χ4v) is 5.16. The van der Waals surface area contributed by atoms with E-state index in [4.69, 9.17) is 5.26 Å². The SMILES string of the molecule is Cn1cc(S(=O)(=O)NC(P)C(F)(F)F)c(Br)c1C(=O)Nc1ccc(F)c(C#N)c1. The van der Waals surface area contributed by atoms with Crippen molar-refractivity contribution in [3.05, 3.63) is 45.9 Å². The Morgan fingerprint density at radius 1 is 1.38 bits per heavy atom. The molecule has 29 heavy (non-hydrogen) atoms. The van der Waals surface area contributed by atoms with Gasteiger partial charge in [0.25, 0.3) is 5.91 Å². The number of nitrogens with zero attached hydrogens (tertiary/aromatic N) is 2. The molecule has 0 aliphatic heterocycles. The third-order valence-electron chi connectivity index (χ3n) is 3.57. The number of alkyl halides is 3. The van der Waals surface area contributed by atoms with Gasteiger partial charge in [0.1, 0.15) is 28.3 Å². The molecular formula is C15H12BrF4N4O3PS. The number of halogens is 5. The maximum Gasteiger partial charge on any atom is 0.408 e. The van der Waals surface area contributed by atoms with Crippen LogP contribution in [-0.2, 0) is 17.1 Å². The van der Waals surface area contributed by atoms with Crippen LogP contribution >= 0.6 is 25.2 Å². The molecule has 0 radical (unpaired) electrons. The number of nitrogens with one attached hydrogen (secondary N) is 2. The number of benzene rings is 1. The Morgan fingerprint density at radius 2 is 2.00 bits per heavy atom. The van der Waals surface area contributed by atoms with Crippen LogP contribution in [0.4, 0.5) is 23.2 Å². The van der Waals surface area contributed by atoms with Gasteiger partial charge in [-0.05, 0) is 34.1 Å². The molecule has 0 spiro atoms. The summed E-state index contributed by atoms with van der Waals surface area (Å²) in [6.07, 6.45) is -3.87. The van der Waals surface area contributed by atoms with Crippen molar-refractivity contribution in [1.29, 1.82) is 5.26 Å². The number of anilines is 1. The first-order chi connectivity index (χ1) is 13.3. The molecule has 2 rings (SSSR count). The second-order valence-corrected chi connectivity index (χ2v) is 8.81. The fraction of sp³-hybridized carbons (Fsp3) is 0.200. The van der Waals surface area contributed by atoms with Crippen LogP contribution in [0.15, 0.2) is 33.8 Å². The van der Waals surface area contributed by atoms with Crippen molar-refractivity contribution in [2.45, 2.75) is 16.9 Å². The van der Waals surface area contributed by atoms with Crippen molar-refractivity contribution in [3.8, 4) is 6.07 Å². The number of sulfonamides is 1. The second kappa shape index (κ2) is 8.39. The Labute approximate surface area is 173 Å². The number of amides is 1. The van der Waals surface area contributed by atoms with Gasteiger partial charge in [-0.25, -0.2) is 12.8 Å². The predicted molar refractivity (Wildman–Crippen MR) is 102 cm³/mol. The molecule has 1 aromatic heterocycles. The van der Waals surface area contributed by atoms with Gasteiger partial charge in [-0.15, -0.1) is 9.24 Å².